The fraction of sp³-hybridized carbons (Fsp3) is 0.333. The molecule has 0 spiro atoms. The van der Waals surface area contributed by atoms with E-state index >= 15 is 0 Å². The van der Waals surface area contributed by atoms with Gasteiger partial charge >= 0.3 is 0 Å². The number of anilines is 2. The van der Waals surface area contributed by atoms with Crippen LogP contribution in [0, 0.1) is 0 Å². The number of hydrogen-bond acceptors (Lipinski definition) is 6. The molecule has 8 heteroatoms. The van der Waals surface area contributed by atoms with Crippen LogP contribution in [-0.4, -0.2) is 17.4 Å². The lowest BCUT2D eigenvalue weighted by Gasteiger charge is -2.01. The molecule has 0 radical (unpaired) electrons. The quantitative estimate of drug-likeness (QED) is 0.724. The van der Waals surface area contributed by atoms with E-state index in [2.05, 4.69) is 38.5 Å². The molecule has 0 aromatic carbocycles. The van der Waals surface area contributed by atoms with Crippen molar-refractivity contribution in [2.24, 2.45) is 0 Å². The highest BCUT2D eigenvalue weighted by Crippen LogP contribution is 2.25. The summed E-state index contributed by atoms with van der Waals surface area (Å²) in [5.74, 6) is 0.0903. The highest BCUT2D eigenvalue weighted by molar-refractivity contribution is 9.11. The van der Waals surface area contributed by atoms with Crippen LogP contribution in [0.15, 0.2) is 15.9 Å². The molecule has 5 nitrogen and oxygen atoms in total. The van der Waals surface area contributed by atoms with E-state index in [1.165, 1.54) is 11.3 Å². The number of thiophene rings is 1. The first-order valence-corrected chi connectivity index (χ1v) is 8.55. The fourth-order valence-corrected chi connectivity index (χ4v) is 3.75. The third kappa shape index (κ3) is 3.94. The van der Waals surface area contributed by atoms with Gasteiger partial charge in [0.1, 0.15) is 10.7 Å². The summed E-state index contributed by atoms with van der Waals surface area (Å²) in [5, 5.41) is 6.67. The van der Waals surface area contributed by atoms with Gasteiger partial charge in [-0.15, -0.1) is 11.3 Å². The van der Waals surface area contributed by atoms with Crippen LogP contribution in [0.3, 0.4) is 0 Å². The van der Waals surface area contributed by atoms with Gasteiger partial charge in [0.25, 0.3) is 5.91 Å². The molecule has 0 atom stereocenters. The number of carbonyl (C=O) groups excluding carboxylic acids is 1. The van der Waals surface area contributed by atoms with E-state index in [0.29, 0.717) is 16.6 Å². The van der Waals surface area contributed by atoms with Crippen LogP contribution < -0.4 is 16.4 Å². The maximum atomic E-state index is 12.1. The van der Waals surface area contributed by atoms with Crippen LogP contribution >= 0.6 is 38.6 Å². The van der Waals surface area contributed by atoms with Crippen LogP contribution in [0.2, 0.25) is 0 Å². The molecule has 0 saturated heterocycles. The molecular weight excluding hydrogens is 360 g/mol. The van der Waals surface area contributed by atoms with Gasteiger partial charge in [-0.25, -0.2) is 4.98 Å². The van der Waals surface area contributed by atoms with Crippen molar-refractivity contribution in [1.29, 1.82) is 0 Å². The Morgan fingerprint density at radius 3 is 2.90 bits per heavy atom. The predicted molar refractivity (Wildman–Crippen MR) is 88.5 cm³/mol. The van der Waals surface area contributed by atoms with E-state index in [1.54, 1.807) is 11.3 Å². The number of hydrogen-bond donors (Lipinski definition) is 3. The summed E-state index contributed by atoms with van der Waals surface area (Å²) in [7, 11) is 0. The van der Waals surface area contributed by atoms with Gasteiger partial charge in [-0.2, -0.15) is 0 Å². The summed E-state index contributed by atoms with van der Waals surface area (Å²) in [5.41, 5.74) is 5.78. The zero-order valence-electron chi connectivity index (χ0n) is 10.9. The zero-order valence-corrected chi connectivity index (χ0v) is 14.1. The third-order valence-corrected chi connectivity index (χ3v) is 5.09. The second-order valence-corrected chi connectivity index (χ2v) is 7.60. The first-order valence-electron chi connectivity index (χ1n) is 6.12. The molecule has 4 N–H and O–H groups in total. The van der Waals surface area contributed by atoms with Gasteiger partial charge in [-0.1, -0.05) is 18.3 Å². The minimum Gasteiger partial charge on any atom is -0.382 e. The summed E-state index contributed by atoms with van der Waals surface area (Å²) < 4.78 is 1.05. The summed E-state index contributed by atoms with van der Waals surface area (Å²) in [4.78, 5) is 17.8. The lowest BCUT2D eigenvalue weighted by Crippen LogP contribution is -2.22. The Labute approximate surface area is 133 Å². The molecule has 0 aliphatic carbocycles. The number of aromatic nitrogens is 1. The highest BCUT2D eigenvalue weighted by atomic mass is 79.9. The minimum absolute atomic E-state index is 0.186. The van der Waals surface area contributed by atoms with E-state index in [-0.39, 0.29) is 11.7 Å². The maximum Gasteiger partial charge on any atom is 0.265 e. The van der Waals surface area contributed by atoms with Crippen LogP contribution in [0.1, 0.15) is 27.9 Å². The normalized spacial score (nSPS) is 10.5. The summed E-state index contributed by atoms with van der Waals surface area (Å²) in [6.45, 7) is 3.37. The number of nitrogens with two attached hydrogens (primary N) is 1. The van der Waals surface area contributed by atoms with E-state index in [9.17, 15) is 4.79 Å². The first kappa shape index (κ1) is 15.3. The molecule has 0 aliphatic heterocycles. The molecule has 0 bridgehead atoms. The topological polar surface area (TPSA) is 80.0 Å². The second kappa shape index (κ2) is 7.05. The average Bonchev–Trinajstić information content (AvgIpc) is 3.00. The number of thiazole rings is 1. The van der Waals surface area contributed by atoms with Crippen molar-refractivity contribution >= 4 is 55.5 Å². The van der Waals surface area contributed by atoms with Crippen molar-refractivity contribution in [3.8, 4) is 0 Å². The average molecular weight is 375 g/mol. The molecule has 2 aromatic rings. The van der Waals surface area contributed by atoms with Crippen molar-refractivity contribution in [3.63, 3.8) is 0 Å². The lowest BCUT2D eigenvalue weighted by molar-refractivity contribution is 0.0956. The number of nitrogen functional groups attached to an aromatic ring is 1. The molecule has 0 aliphatic rings. The molecule has 2 rings (SSSR count). The first-order chi connectivity index (χ1) is 9.60. The molecular formula is C12H15BrN4OS2. The second-order valence-electron chi connectivity index (χ2n) is 4.05. The minimum atomic E-state index is -0.186. The zero-order chi connectivity index (χ0) is 14.5. The fourth-order valence-electron chi connectivity index (χ4n) is 1.50. The van der Waals surface area contributed by atoms with Crippen molar-refractivity contribution in [3.05, 3.63) is 25.7 Å². The van der Waals surface area contributed by atoms with E-state index in [0.717, 1.165) is 21.6 Å². The van der Waals surface area contributed by atoms with Gasteiger partial charge in [-0.3, -0.25) is 4.79 Å². The van der Waals surface area contributed by atoms with Crippen molar-refractivity contribution in [2.75, 3.05) is 17.6 Å². The number of rotatable bonds is 6. The number of nitrogens with one attached hydrogen (secondary N) is 2. The molecule has 108 valence electrons. The Balaban J connectivity index is 1.96. The SMILES string of the molecule is CCCNc1nc(N)c(C(=O)NCc2ccc(Br)s2)s1. The van der Waals surface area contributed by atoms with Crippen LogP contribution in [-0.2, 0) is 6.54 Å². The number of nitrogens with zero attached hydrogens (tertiary/aromatic N) is 1. The van der Waals surface area contributed by atoms with E-state index < -0.39 is 0 Å². The standard InChI is InChI=1S/C12H15BrN4OS2/c1-2-5-15-12-17-10(14)9(20-12)11(18)16-6-7-3-4-8(13)19-7/h3-4H,2,5-6,14H2,1H3,(H,15,17)(H,16,18). The van der Waals surface area contributed by atoms with Crippen molar-refractivity contribution < 1.29 is 4.79 Å². The van der Waals surface area contributed by atoms with Gasteiger partial charge in [0, 0.05) is 11.4 Å². The van der Waals surface area contributed by atoms with Crippen molar-refractivity contribution in [1.82, 2.24) is 10.3 Å². The lowest BCUT2D eigenvalue weighted by atomic mass is 10.4. The molecule has 0 fully saturated rings. The van der Waals surface area contributed by atoms with E-state index in [1.807, 2.05) is 12.1 Å². The van der Waals surface area contributed by atoms with Gasteiger partial charge in [0.15, 0.2) is 5.13 Å². The number of carbonyl (C=O) groups is 1. The van der Waals surface area contributed by atoms with Gasteiger partial charge in [0.05, 0.1) is 10.3 Å². The molecule has 20 heavy (non-hydrogen) atoms. The molecule has 2 aromatic heterocycles. The van der Waals surface area contributed by atoms with Crippen LogP contribution in [0.4, 0.5) is 10.9 Å². The summed E-state index contributed by atoms with van der Waals surface area (Å²) in [6.07, 6.45) is 0.994. The van der Waals surface area contributed by atoms with Crippen LogP contribution in [0.25, 0.3) is 0 Å². The Kier molecular flexibility index (Phi) is 5.38. The summed E-state index contributed by atoms with van der Waals surface area (Å²) >= 11 is 6.27. The van der Waals surface area contributed by atoms with Gasteiger partial charge < -0.3 is 16.4 Å². The molecule has 1 amide bonds. The maximum absolute atomic E-state index is 12.1. The highest BCUT2D eigenvalue weighted by Gasteiger charge is 2.15. The Morgan fingerprint density at radius 1 is 1.45 bits per heavy atom. The Hall–Kier alpha value is -1.12. The third-order valence-electron chi connectivity index (χ3n) is 2.44. The Bertz CT molecular complexity index is 596. The van der Waals surface area contributed by atoms with Gasteiger partial charge in [-0.05, 0) is 34.5 Å². The Morgan fingerprint density at radius 2 is 2.25 bits per heavy atom. The smallest absolute Gasteiger partial charge is 0.265 e. The number of halogens is 1. The van der Waals surface area contributed by atoms with Crippen LogP contribution in [0.5, 0.6) is 0 Å². The van der Waals surface area contributed by atoms with E-state index in [4.69, 9.17) is 5.73 Å². The monoisotopic (exact) mass is 374 g/mol. The predicted octanol–water partition coefficient (Wildman–Crippen LogP) is 3.30. The summed E-state index contributed by atoms with van der Waals surface area (Å²) in [6, 6.07) is 3.93. The molecule has 2 heterocycles. The molecule has 0 unspecified atom stereocenters. The largest absolute Gasteiger partial charge is 0.382 e. The van der Waals surface area contributed by atoms with Crippen molar-refractivity contribution in [2.45, 2.75) is 19.9 Å². The van der Waals surface area contributed by atoms with Gasteiger partial charge in [0.2, 0.25) is 0 Å². The molecule has 0 saturated carbocycles. The number of amides is 1.